The van der Waals surface area contributed by atoms with Gasteiger partial charge in [-0.1, -0.05) is 43.3 Å². The second kappa shape index (κ2) is 8.08. The van der Waals surface area contributed by atoms with Crippen LogP contribution in [0.2, 0.25) is 0 Å². The SMILES string of the molecule is CN=C(NCC(C)SC)NC(C)c1ccc2ccccc2c1. The molecule has 0 spiro atoms. The molecule has 0 aromatic heterocycles. The lowest BCUT2D eigenvalue weighted by molar-refractivity contribution is 0.684. The zero-order valence-corrected chi connectivity index (χ0v) is 14.6. The van der Waals surface area contributed by atoms with Crippen LogP contribution < -0.4 is 10.6 Å². The van der Waals surface area contributed by atoms with Gasteiger partial charge in [-0.05, 0) is 35.6 Å². The number of nitrogens with one attached hydrogen (secondary N) is 2. The fourth-order valence-electron chi connectivity index (χ4n) is 2.28. The van der Waals surface area contributed by atoms with Gasteiger partial charge in [-0.2, -0.15) is 11.8 Å². The van der Waals surface area contributed by atoms with E-state index in [-0.39, 0.29) is 6.04 Å². The molecule has 0 radical (unpaired) electrons. The molecule has 2 aromatic carbocycles. The van der Waals surface area contributed by atoms with E-state index in [4.69, 9.17) is 0 Å². The van der Waals surface area contributed by atoms with Crippen molar-refractivity contribution in [1.29, 1.82) is 0 Å². The number of aliphatic imine (C=N–C) groups is 1. The van der Waals surface area contributed by atoms with Crippen LogP contribution in [-0.2, 0) is 0 Å². The molecule has 2 atom stereocenters. The van der Waals surface area contributed by atoms with Gasteiger partial charge in [-0.15, -0.1) is 0 Å². The Labute approximate surface area is 137 Å². The molecule has 2 unspecified atom stereocenters. The number of benzene rings is 2. The van der Waals surface area contributed by atoms with E-state index in [1.807, 2.05) is 18.8 Å². The predicted molar refractivity (Wildman–Crippen MR) is 99.8 cm³/mol. The summed E-state index contributed by atoms with van der Waals surface area (Å²) in [5.74, 6) is 0.849. The number of nitrogens with zero attached hydrogens (tertiary/aromatic N) is 1. The maximum Gasteiger partial charge on any atom is 0.191 e. The minimum Gasteiger partial charge on any atom is -0.355 e. The minimum atomic E-state index is 0.209. The average Bonchev–Trinajstić information content (AvgIpc) is 2.57. The van der Waals surface area contributed by atoms with Gasteiger partial charge < -0.3 is 10.6 Å². The molecule has 0 saturated heterocycles. The third-order valence-electron chi connectivity index (χ3n) is 3.81. The molecular formula is C18H25N3S. The van der Waals surface area contributed by atoms with Crippen molar-refractivity contribution in [3.63, 3.8) is 0 Å². The van der Waals surface area contributed by atoms with Crippen LogP contribution >= 0.6 is 11.8 Å². The lowest BCUT2D eigenvalue weighted by Gasteiger charge is -2.20. The minimum absolute atomic E-state index is 0.209. The summed E-state index contributed by atoms with van der Waals surface area (Å²) in [7, 11) is 1.81. The molecule has 0 aliphatic heterocycles. The van der Waals surface area contributed by atoms with Crippen LogP contribution in [0.5, 0.6) is 0 Å². The lowest BCUT2D eigenvalue weighted by atomic mass is 10.0. The first-order valence-electron chi connectivity index (χ1n) is 7.62. The lowest BCUT2D eigenvalue weighted by Crippen LogP contribution is -2.41. The highest BCUT2D eigenvalue weighted by Gasteiger charge is 2.09. The normalized spacial score (nSPS) is 14.6. The van der Waals surface area contributed by atoms with Crippen LogP contribution in [0.3, 0.4) is 0 Å². The molecule has 2 N–H and O–H groups in total. The molecular weight excluding hydrogens is 290 g/mol. The van der Waals surface area contributed by atoms with Crippen molar-refractivity contribution >= 4 is 28.5 Å². The second-order valence-corrected chi connectivity index (χ2v) is 6.75. The number of thioether (sulfide) groups is 1. The average molecular weight is 315 g/mol. The first-order valence-corrected chi connectivity index (χ1v) is 8.91. The number of hydrogen-bond acceptors (Lipinski definition) is 2. The second-order valence-electron chi connectivity index (χ2n) is 5.47. The summed E-state index contributed by atoms with van der Waals surface area (Å²) in [6.07, 6.45) is 2.13. The van der Waals surface area contributed by atoms with E-state index in [1.165, 1.54) is 16.3 Å². The van der Waals surface area contributed by atoms with Crippen molar-refractivity contribution in [1.82, 2.24) is 10.6 Å². The molecule has 118 valence electrons. The van der Waals surface area contributed by atoms with Gasteiger partial charge in [0, 0.05) is 18.8 Å². The van der Waals surface area contributed by atoms with Crippen molar-refractivity contribution in [2.45, 2.75) is 25.1 Å². The fourth-order valence-corrected chi connectivity index (χ4v) is 2.53. The van der Waals surface area contributed by atoms with Crippen LogP contribution in [0, 0.1) is 0 Å². The molecule has 3 nitrogen and oxygen atoms in total. The Morgan fingerprint density at radius 2 is 1.86 bits per heavy atom. The first-order chi connectivity index (χ1) is 10.6. The largest absolute Gasteiger partial charge is 0.355 e. The molecule has 0 bridgehead atoms. The van der Waals surface area contributed by atoms with Crippen molar-refractivity contribution in [3.8, 4) is 0 Å². The quantitative estimate of drug-likeness (QED) is 0.650. The Morgan fingerprint density at radius 3 is 2.55 bits per heavy atom. The van der Waals surface area contributed by atoms with E-state index in [0.717, 1.165) is 12.5 Å². The Balaban J connectivity index is 2.04. The van der Waals surface area contributed by atoms with Gasteiger partial charge in [-0.3, -0.25) is 4.99 Å². The van der Waals surface area contributed by atoms with E-state index in [0.29, 0.717) is 5.25 Å². The van der Waals surface area contributed by atoms with E-state index in [2.05, 4.69) is 78.2 Å². The van der Waals surface area contributed by atoms with E-state index in [1.54, 1.807) is 0 Å². The Morgan fingerprint density at radius 1 is 1.14 bits per heavy atom. The van der Waals surface area contributed by atoms with Crippen LogP contribution in [0.4, 0.5) is 0 Å². The predicted octanol–water partition coefficient (Wildman–Crippen LogP) is 3.82. The van der Waals surface area contributed by atoms with Crippen LogP contribution in [0.15, 0.2) is 47.5 Å². The molecule has 0 aliphatic rings. The molecule has 0 fully saturated rings. The summed E-state index contributed by atoms with van der Waals surface area (Å²) in [5, 5.41) is 9.94. The summed E-state index contributed by atoms with van der Waals surface area (Å²) < 4.78 is 0. The first kappa shape index (κ1) is 16.7. The van der Waals surface area contributed by atoms with Gasteiger partial charge in [0.2, 0.25) is 0 Å². The molecule has 0 saturated carbocycles. The third kappa shape index (κ3) is 4.41. The van der Waals surface area contributed by atoms with Gasteiger partial charge in [0.1, 0.15) is 0 Å². The van der Waals surface area contributed by atoms with Gasteiger partial charge in [-0.25, -0.2) is 0 Å². The Hall–Kier alpha value is -1.68. The van der Waals surface area contributed by atoms with Crippen molar-refractivity contribution in [3.05, 3.63) is 48.0 Å². The summed E-state index contributed by atoms with van der Waals surface area (Å²) in [5.41, 5.74) is 1.26. The monoisotopic (exact) mass is 315 g/mol. The molecule has 2 rings (SSSR count). The molecule has 0 amide bonds. The van der Waals surface area contributed by atoms with Crippen LogP contribution in [-0.4, -0.2) is 31.1 Å². The van der Waals surface area contributed by atoms with Crippen LogP contribution in [0.1, 0.15) is 25.5 Å². The number of guanidine groups is 1. The van der Waals surface area contributed by atoms with Crippen molar-refractivity contribution < 1.29 is 0 Å². The molecule has 2 aromatic rings. The molecule has 0 heterocycles. The zero-order valence-electron chi connectivity index (χ0n) is 13.8. The number of hydrogen-bond donors (Lipinski definition) is 2. The zero-order chi connectivity index (χ0) is 15.9. The van der Waals surface area contributed by atoms with E-state index < -0.39 is 0 Å². The highest BCUT2D eigenvalue weighted by Crippen LogP contribution is 2.20. The van der Waals surface area contributed by atoms with Crippen molar-refractivity contribution in [2.75, 3.05) is 19.8 Å². The Kier molecular flexibility index (Phi) is 6.13. The smallest absolute Gasteiger partial charge is 0.191 e. The van der Waals surface area contributed by atoms with Crippen LogP contribution in [0.25, 0.3) is 10.8 Å². The number of fused-ring (bicyclic) bond motifs is 1. The maximum absolute atomic E-state index is 4.31. The summed E-state index contributed by atoms with van der Waals surface area (Å²) >= 11 is 1.85. The maximum atomic E-state index is 4.31. The highest BCUT2D eigenvalue weighted by atomic mass is 32.2. The standard InChI is InChI=1S/C18H25N3S/c1-13(22-4)12-20-18(19-3)21-14(2)16-10-9-15-7-5-6-8-17(15)11-16/h5-11,13-14H,12H2,1-4H3,(H2,19,20,21). The van der Waals surface area contributed by atoms with Crippen molar-refractivity contribution in [2.24, 2.45) is 4.99 Å². The topological polar surface area (TPSA) is 36.4 Å². The Bertz CT molecular complexity index is 639. The van der Waals surface area contributed by atoms with E-state index >= 15 is 0 Å². The summed E-state index contributed by atoms with van der Waals surface area (Å²) in [6.45, 7) is 5.28. The molecule has 0 aliphatic carbocycles. The molecule has 22 heavy (non-hydrogen) atoms. The third-order valence-corrected chi connectivity index (χ3v) is 4.78. The summed E-state index contributed by atoms with van der Waals surface area (Å²) in [4.78, 5) is 4.31. The van der Waals surface area contributed by atoms with Gasteiger partial charge in [0.25, 0.3) is 0 Å². The van der Waals surface area contributed by atoms with Gasteiger partial charge in [0.05, 0.1) is 6.04 Å². The van der Waals surface area contributed by atoms with Gasteiger partial charge >= 0.3 is 0 Å². The number of rotatable bonds is 5. The molecule has 4 heteroatoms. The van der Waals surface area contributed by atoms with Gasteiger partial charge in [0.15, 0.2) is 5.96 Å². The summed E-state index contributed by atoms with van der Waals surface area (Å²) in [6, 6.07) is 15.2. The highest BCUT2D eigenvalue weighted by molar-refractivity contribution is 7.99. The fraction of sp³-hybridized carbons (Fsp3) is 0.389. The van der Waals surface area contributed by atoms with E-state index in [9.17, 15) is 0 Å².